The van der Waals surface area contributed by atoms with E-state index in [0.717, 1.165) is 51.2 Å². The molecule has 0 N–H and O–H groups in total. The molecule has 14 heteroatoms. The van der Waals surface area contributed by atoms with Crippen LogP contribution < -0.4 is 0 Å². The number of nitrogens with zero attached hydrogens (tertiary/aromatic N) is 3. The number of methoxy groups -OCH3 is 1. The number of hydrogen-bond donors (Lipinski definition) is 0. The molecular weight excluding hydrogens is 879 g/mol. The molecule has 4 aromatic carbocycles. The molecule has 14 nitrogen and oxygen atoms in total. The van der Waals surface area contributed by atoms with Gasteiger partial charge in [-0.2, -0.15) is 0 Å². The summed E-state index contributed by atoms with van der Waals surface area (Å²) in [4.78, 5) is 58.3. The van der Waals surface area contributed by atoms with Crippen LogP contribution in [-0.4, -0.2) is 80.4 Å². The zero-order valence-electron chi connectivity index (χ0n) is 39.9. The van der Waals surface area contributed by atoms with Gasteiger partial charge in [0.05, 0.1) is 49.2 Å². The van der Waals surface area contributed by atoms with Crippen molar-refractivity contribution in [2.24, 2.45) is 5.11 Å². The molecule has 69 heavy (non-hydrogen) atoms. The normalized spacial score (nSPS) is 18.6. The molecule has 1 aliphatic heterocycles. The van der Waals surface area contributed by atoms with Crippen LogP contribution in [0.1, 0.15) is 133 Å². The van der Waals surface area contributed by atoms with Gasteiger partial charge >= 0.3 is 23.9 Å². The lowest BCUT2D eigenvalue weighted by atomic mass is 9.97. The van der Waals surface area contributed by atoms with E-state index in [4.69, 9.17) is 33.2 Å². The molecule has 0 aliphatic carbocycles. The highest BCUT2D eigenvalue weighted by Gasteiger charge is 2.56. The van der Waals surface area contributed by atoms with Crippen LogP contribution in [0.25, 0.3) is 10.4 Å². The van der Waals surface area contributed by atoms with E-state index in [-0.39, 0.29) is 29.9 Å². The monoisotopic (exact) mass is 945 g/mol. The number of hydrogen-bond acceptors (Lipinski definition) is 12. The second kappa shape index (κ2) is 30.9. The molecule has 368 valence electrons. The van der Waals surface area contributed by atoms with Crippen molar-refractivity contribution in [3.8, 4) is 0 Å². The summed E-state index contributed by atoms with van der Waals surface area (Å²) < 4.78 is 42.4. The Bertz CT molecular complexity index is 2190. The number of unbranched alkanes of at least 4 members (excludes halogenated alkanes) is 11. The highest BCUT2D eigenvalue weighted by molar-refractivity contribution is 5.91. The maximum Gasteiger partial charge on any atom is 0.339 e. The molecule has 1 saturated heterocycles. The average molecular weight is 946 g/mol. The van der Waals surface area contributed by atoms with E-state index in [0.29, 0.717) is 6.42 Å². The van der Waals surface area contributed by atoms with Gasteiger partial charge in [-0.15, -0.1) is 0 Å². The Morgan fingerprint density at radius 3 is 1.59 bits per heavy atom. The topological polar surface area (TPSA) is 182 Å². The number of ether oxygens (including phenoxy) is 7. The summed E-state index contributed by atoms with van der Waals surface area (Å²) in [6.07, 6.45) is 10.8. The Morgan fingerprint density at radius 2 is 1.09 bits per heavy atom. The lowest BCUT2D eigenvalue weighted by Crippen LogP contribution is -2.64. The standard InChI is InChI=1S/C55H67N3O11/c1-3-4-5-6-7-8-9-10-11-12-13-14-15-16-29-38-46(64-39-41-30-21-17-22-31-41)45(57-58-56)40-65-55-50(68-53(61)44-36-27-20-28-37-44)48(67-52(60)43-34-25-19-26-35-43)47(49(69-55)54(62)63-2)66-51(59)42-32-23-18-24-33-42/h8-9,17-28,30-37,45-50,55H,3-7,10-16,29,38-40H2,1-2H3/b9-8-/t45-,46?,47-,48-,49-,50+,55+/m0/s1. The Hall–Kier alpha value is -6.31. The highest BCUT2D eigenvalue weighted by Crippen LogP contribution is 2.33. The van der Waals surface area contributed by atoms with Crippen LogP contribution in [0, 0.1) is 0 Å². The first kappa shape index (κ1) is 53.6. The van der Waals surface area contributed by atoms with Crippen LogP contribution in [-0.2, 0) is 44.6 Å². The van der Waals surface area contributed by atoms with E-state index in [1.54, 1.807) is 54.6 Å². The smallest absolute Gasteiger partial charge is 0.339 e. The van der Waals surface area contributed by atoms with E-state index in [2.05, 4.69) is 29.1 Å². The van der Waals surface area contributed by atoms with E-state index >= 15 is 0 Å². The number of carbonyl (C=O) groups excluding carboxylic acids is 4. The fourth-order valence-corrected chi connectivity index (χ4v) is 7.99. The first-order valence-corrected chi connectivity index (χ1v) is 24.3. The van der Waals surface area contributed by atoms with Gasteiger partial charge < -0.3 is 33.2 Å². The molecule has 1 heterocycles. The summed E-state index contributed by atoms with van der Waals surface area (Å²) in [6, 6.07) is 32.7. The van der Waals surface area contributed by atoms with Crippen molar-refractivity contribution in [2.45, 2.75) is 146 Å². The lowest BCUT2D eigenvalue weighted by molar-refractivity contribution is -0.294. The maximum atomic E-state index is 13.9. The molecule has 4 aromatic rings. The van der Waals surface area contributed by atoms with Crippen molar-refractivity contribution in [1.29, 1.82) is 0 Å². The molecule has 1 aliphatic rings. The number of rotatable bonds is 30. The van der Waals surface area contributed by atoms with Crippen molar-refractivity contribution >= 4 is 23.9 Å². The summed E-state index contributed by atoms with van der Waals surface area (Å²) in [7, 11) is 1.12. The fraction of sp³-hybridized carbons (Fsp3) is 0.455. The summed E-state index contributed by atoms with van der Waals surface area (Å²) in [5.74, 6) is -3.62. The van der Waals surface area contributed by atoms with Gasteiger partial charge in [-0.05, 0) is 79.6 Å². The van der Waals surface area contributed by atoms with Gasteiger partial charge in [0.15, 0.2) is 30.7 Å². The minimum absolute atomic E-state index is 0.121. The number of azide groups is 1. The number of allylic oxidation sites excluding steroid dienone is 2. The Labute approximate surface area is 406 Å². The van der Waals surface area contributed by atoms with E-state index < -0.39 is 66.7 Å². The van der Waals surface area contributed by atoms with Crippen molar-refractivity contribution in [2.75, 3.05) is 13.7 Å². The minimum Gasteiger partial charge on any atom is -0.467 e. The van der Waals surface area contributed by atoms with Gasteiger partial charge in [0.2, 0.25) is 0 Å². The zero-order valence-corrected chi connectivity index (χ0v) is 39.9. The van der Waals surface area contributed by atoms with Crippen molar-refractivity contribution in [1.82, 2.24) is 0 Å². The van der Waals surface area contributed by atoms with Gasteiger partial charge in [-0.25, -0.2) is 19.2 Å². The predicted octanol–water partition coefficient (Wildman–Crippen LogP) is 11.9. The Kier molecular flexibility index (Phi) is 24.1. The quantitative estimate of drug-likeness (QED) is 0.00922. The van der Waals surface area contributed by atoms with E-state index in [9.17, 15) is 24.7 Å². The molecule has 1 fully saturated rings. The van der Waals surface area contributed by atoms with Gasteiger partial charge in [-0.1, -0.05) is 167 Å². The van der Waals surface area contributed by atoms with Gasteiger partial charge in [-0.3, -0.25) is 0 Å². The molecule has 0 radical (unpaired) electrons. The third kappa shape index (κ3) is 18.3. The molecule has 5 rings (SSSR count). The first-order valence-electron chi connectivity index (χ1n) is 24.3. The summed E-state index contributed by atoms with van der Waals surface area (Å²) in [6.45, 7) is 2.11. The minimum atomic E-state index is -1.76. The van der Waals surface area contributed by atoms with Crippen molar-refractivity contribution in [3.05, 3.63) is 166 Å². The largest absolute Gasteiger partial charge is 0.467 e. The molecule has 0 saturated carbocycles. The molecule has 0 bridgehead atoms. The summed E-state index contributed by atoms with van der Waals surface area (Å²) >= 11 is 0. The average Bonchev–Trinajstić information content (AvgIpc) is 3.39. The molecule has 0 spiro atoms. The predicted molar refractivity (Wildman–Crippen MR) is 261 cm³/mol. The summed E-state index contributed by atoms with van der Waals surface area (Å²) in [5.41, 5.74) is 11.2. The van der Waals surface area contributed by atoms with Crippen LogP contribution in [0.4, 0.5) is 0 Å². The number of carbonyl (C=O) groups is 4. The molecular formula is C55H67N3O11. The highest BCUT2D eigenvalue weighted by atomic mass is 16.7. The van der Waals surface area contributed by atoms with E-state index in [1.807, 2.05) is 30.3 Å². The fourth-order valence-electron chi connectivity index (χ4n) is 7.99. The van der Waals surface area contributed by atoms with Crippen LogP contribution in [0.3, 0.4) is 0 Å². The molecule has 1 unspecified atom stereocenters. The lowest BCUT2D eigenvalue weighted by Gasteiger charge is -2.43. The second-order valence-corrected chi connectivity index (χ2v) is 17.0. The number of benzene rings is 4. The third-order valence-corrected chi connectivity index (χ3v) is 11.8. The number of esters is 4. The molecule has 7 atom stereocenters. The van der Waals surface area contributed by atoms with Gasteiger partial charge in [0.1, 0.15) is 0 Å². The van der Waals surface area contributed by atoms with E-state index in [1.165, 1.54) is 81.3 Å². The van der Waals surface area contributed by atoms with Crippen LogP contribution in [0.2, 0.25) is 0 Å². The van der Waals surface area contributed by atoms with Gasteiger partial charge in [0, 0.05) is 4.91 Å². The first-order chi connectivity index (χ1) is 33.8. The SMILES string of the molecule is CCCCCC/C=C\CCCCCCCCCC(OCc1ccccc1)[C@H](CO[C@@H]1O[C@H](C(=O)OC)[C@@H](OC(=O)c2ccccc2)[C@H](OC(=O)c2ccccc2)[C@H]1OC(=O)c1ccccc1)N=[N+]=[N-]. The van der Waals surface area contributed by atoms with Crippen LogP contribution >= 0.6 is 0 Å². The van der Waals surface area contributed by atoms with Crippen LogP contribution in [0.5, 0.6) is 0 Å². The van der Waals surface area contributed by atoms with Gasteiger partial charge in [0.25, 0.3) is 0 Å². The Morgan fingerprint density at radius 1 is 0.623 bits per heavy atom. The molecule has 0 amide bonds. The Balaban J connectivity index is 1.36. The summed E-state index contributed by atoms with van der Waals surface area (Å²) in [5, 5.41) is 4.12. The maximum absolute atomic E-state index is 13.9. The second-order valence-electron chi connectivity index (χ2n) is 17.0. The van der Waals surface area contributed by atoms with Crippen molar-refractivity contribution < 1.29 is 52.3 Å². The third-order valence-electron chi connectivity index (χ3n) is 11.8. The van der Waals surface area contributed by atoms with Crippen molar-refractivity contribution in [3.63, 3.8) is 0 Å². The molecule has 0 aromatic heterocycles. The zero-order chi connectivity index (χ0) is 48.9. The van der Waals surface area contributed by atoms with Crippen LogP contribution in [0.15, 0.2) is 139 Å².